The van der Waals surface area contributed by atoms with E-state index in [0.29, 0.717) is 51.5 Å². The fraction of sp³-hybridized carbons (Fsp3) is 0.294. The molecular weight excluding hydrogens is 614 g/mol. The van der Waals surface area contributed by atoms with Gasteiger partial charge in [-0.1, -0.05) is 80.1 Å². The van der Waals surface area contributed by atoms with Crippen LogP contribution in [0.25, 0.3) is 5.76 Å². The zero-order valence-electron chi connectivity index (χ0n) is 25.1. The second-order valence-electron chi connectivity index (χ2n) is 10.4. The number of anilines is 1. The number of hydrogen-bond donors (Lipinski definition) is 1. The first-order valence-electron chi connectivity index (χ1n) is 14.9. The van der Waals surface area contributed by atoms with Crippen LogP contribution < -0.4 is 14.4 Å². The van der Waals surface area contributed by atoms with Gasteiger partial charge in [0.25, 0.3) is 5.78 Å². The molecule has 1 aromatic heterocycles. The number of ether oxygens (including phenoxy) is 2. The van der Waals surface area contributed by atoms with Gasteiger partial charge in [-0.2, -0.15) is 0 Å². The number of ketones is 1. The molecule has 1 unspecified atom stereocenters. The minimum Gasteiger partial charge on any atom is -0.507 e. The van der Waals surface area contributed by atoms with E-state index in [-0.39, 0.29) is 22.3 Å². The van der Waals surface area contributed by atoms with Crippen molar-refractivity contribution in [3.05, 3.63) is 101 Å². The largest absolute Gasteiger partial charge is 0.507 e. The van der Waals surface area contributed by atoms with Crippen LogP contribution in [0.4, 0.5) is 9.52 Å². The van der Waals surface area contributed by atoms with Crippen LogP contribution in [0.15, 0.2) is 82.7 Å². The summed E-state index contributed by atoms with van der Waals surface area (Å²) in [5.41, 5.74) is 1.42. The molecule has 1 amide bonds. The van der Waals surface area contributed by atoms with Gasteiger partial charge in [0.2, 0.25) is 5.13 Å². The number of amides is 1. The van der Waals surface area contributed by atoms with Gasteiger partial charge in [-0.25, -0.2) is 4.39 Å². The maximum atomic E-state index is 14.2. The summed E-state index contributed by atoms with van der Waals surface area (Å²) in [4.78, 5) is 28.4. The number of Topliss-reactive ketones (excluding diaryl/α,β-unsaturated/α-hetero) is 1. The quantitative estimate of drug-likeness (QED) is 0.0368. The highest BCUT2D eigenvalue weighted by Crippen LogP contribution is 2.44. The van der Waals surface area contributed by atoms with E-state index in [2.05, 4.69) is 24.0 Å². The van der Waals surface area contributed by atoms with E-state index in [9.17, 15) is 19.1 Å². The van der Waals surface area contributed by atoms with Crippen LogP contribution in [-0.4, -0.2) is 40.2 Å². The summed E-state index contributed by atoms with van der Waals surface area (Å²) in [7, 11) is 0. The summed E-state index contributed by atoms with van der Waals surface area (Å²) in [6.07, 6.45) is 3.84. The maximum Gasteiger partial charge on any atom is 0.301 e. The maximum absolute atomic E-state index is 14.2. The van der Waals surface area contributed by atoms with Crippen molar-refractivity contribution < 1.29 is 28.6 Å². The molecule has 45 heavy (non-hydrogen) atoms. The highest BCUT2D eigenvalue weighted by atomic mass is 32.2. The fourth-order valence-electron chi connectivity index (χ4n) is 4.74. The van der Waals surface area contributed by atoms with Crippen LogP contribution in [0.2, 0.25) is 0 Å². The Hall–Kier alpha value is -4.22. The summed E-state index contributed by atoms with van der Waals surface area (Å²) in [6.45, 7) is 5.31. The number of nitrogens with zero attached hydrogens (tertiary/aromatic N) is 3. The van der Waals surface area contributed by atoms with E-state index in [1.165, 1.54) is 22.7 Å². The number of benzene rings is 3. The van der Waals surface area contributed by atoms with Crippen LogP contribution in [-0.2, 0) is 15.3 Å². The first-order chi connectivity index (χ1) is 21.9. The van der Waals surface area contributed by atoms with Gasteiger partial charge in [-0.15, -0.1) is 10.2 Å². The standard InChI is InChI=1S/C34H34FN3O5S2/c1-3-5-19-42-25-15-11-22(12-16-25)29-28(30(39)23-13-17-26(18-14-23)43-20-6-4-2)31(40)32(41)38(29)33-36-37-34(45-33)44-21-24-9-7-8-10-27(24)35/h7-18,29,39H,3-6,19-21H2,1-2H3/b30-28+. The minimum absolute atomic E-state index is 0.0601. The summed E-state index contributed by atoms with van der Waals surface area (Å²) >= 11 is 2.40. The molecular formula is C34H34FN3O5S2. The molecule has 5 rings (SSSR count). The lowest BCUT2D eigenvalue weighted by Crippen LogP contribution is -2.29. The third-order valence-electron chi connectivity index (χ3n) is 7.21. The monoisotopic (exact) mass is 647 g/mol. The summed E-state index contributed by atoms with van der Waals surface area (Å²) in [5.74, 6) is -0.659. The molecule has 1 N–H and O–H groups in total. The lowest BCUT2D eigenvalue weighted by Gasteiger charge is -2.22. The highest BCUT2D eigenvalue weighted by Gasteiger charge is 2.48. The van der Waals surface area contributed by atoms with Gasteiger partial charge in [-0.3, -0.25) is 14.5 Å². The number of hydrogen-bond acceptors (Lipinski definition) is 9. The molecule has 0 bridgehead atoms. The summed E-state index contributed by atoms with van der Waals surface area (Å²) in [5, 5.41) is 20.1. The Morgan fingerprint density at radius 3 is 2.16 bits per heavy atom. The highest BCUT2D eigenvalue weighted by molar-refractivity contribution is 8.00. The van der Waals surface area contributed by atoms with Crippen molar-refractivity contribution in [1.82, 2.24) is 10.2 Å². The molecule has 0 aliphatic carbocycles. The Labute approximate surface area is 269 Å². The zero-order chi connectivity index (χ0) is 31.8. The van der Waals surface area contributed by atoms with Crippen molar-refractivity contribution in [2.75, 3.05) is 18.1 Å². The second kappa shape index (κ2) is 15.2. The smallest absolute Gasteiger partial charge is 0.301 e. The molecule has 1 saturated heterocycles. The molecule has 1 aliphatic rings. The molecule has 2 heterocycles. The van der Waals surface area contributed by atoms with Crippen molar-refractivity contribution in [2.45, 2.75) is 55.7 Å². The van der Waals surface area contributed by atoms with Gasteiger partial charge < -0.3 is 14.6 Å². The number of unbranched alkanes of at least 4 members (excludes halogenated alkanes) is 2. The molecule has 0 saturated carbocycles. The number of aromatic nitrogens is 2. The first-order valence-corrected chi connectivity index (χ1v) is 16.7. The molecule has 8 nitrogen and oxygen atoms in total. The van der Waals surface area contributed by atoms with Crippen molar-refractivity contribution in [2.24, 2.45) is 0 Å². The molecule has 3 aromatic carbocycles. The molecule has 0 radical (unpaired) electrons. The van der Waals surface area contributed by atoms with Gasteiger partial charge in [-0.05, 0) is 66.4 Å². The van der Waals surface area contributed by atoms with Crippen molar-refractivity contribution in [1.29, 1.82) is 0 Å². The Bertz CT molecular complexity index is 1660. The third-order valence-corrected chi connectivity index (χ3v) is 9.32. The lowest BCUT2D eigenvalue weighted by molar-refractivity contribution is -0.132. The molecule has 4 aromatic rings. The number of carbonyl (C=O) groups is 2. The van der Waals surface area contributed by atoms with E-state index in [0.717, 1.165) is 37.0 Å². The number of thioether (sulfide) groups is 1. The predicted octanol–water partition coefficient (Wildman–Crippen LogP) is 7.95. The average molecular weight is 648 g/mol. The Kier molecular flexibility index (Phi) is 10.9. The first kappa shape index (κ1) is 32.2. The van der Waals surface area contributed by atoms with Crippen LogP contribution in [0, 0.1) is 5.82 Å². The van der Waals surface area contributed by atoms with Crippen molar-refractivity contribution >= 4 is 45.7 Å². The minimum atomic E-state index is -0.965. The molecule has 1 fully saturated rings. The second-order valence-corrected chi connectivity index (χ2v) is 12.6. The Morgan fingerprint density at radius 2 is 1.53 bits per heavy atom. The third kappa shape index (κ3) is 7.54. The van der Waals surface area contributed by atoms with Crippen LogP contribution >= 0.6 is 23.1 Å². The topological polar surface area (TPSA) is 102 Å². The number of aliphatic hydroxyl groups excluding tert-OH is 1. The molecule has 1 aliphatic heterocycles. The Morgan fingerprint density at radius 1 is 0.911 bits per heavy atom. The van der Waals surface area contributed by atoms with E-state index in [4.69, 9.17) is 9.47 Å². The fourth-order valence-corrected chi connectivity index (χ4v) is 6.59. The SMILES string of the molecule is CCCCOc1ccc(/C(O)=C2\C(=O)C(=O)N(c3nnc(SCc4ccccc4F)s3)C2c2ccc(OCCCC)cc2)cc1. The Balaban J connectivity index is 1.48. The number of rotatable bonds is 14. The molecule has 11 heteroatoms. The van der Waals surface area contributed by atoms with E-state index in [1.54, 1.807) is 66.7 Å². The summed E-state index contributed by atoms with van der Waals surface area (Å²) < 4.78 is 26.2. The van der Waals surface area contributed by atoms with E-state index < -0.39 is 17.7 Å². The van der Waals surface area contributed by atoms with Gasteiger partial charge >= 0.3 is 5.91 Å². The molecule has 234 valence electrons. The van der Waals surface area contributed by atoms with Crippen LogP contribution in [0.5, 0.6) is 11.5 Å². The normalized spacial score (nSPS) is 15.9. The van der Waals surface area contributed by atoms with E-state index >= 15 is 0 Å². The summed E-state index contributed by atoms with van der Waals surface area (Å²) in [6, 6.07) is 19.4. The van der Waals surface area contributed by atoms with E-state index in [1.807, 2.05) is 0 Å². The van der Waals surface area contributed by atoms with Crippen LogP contribution in [0.1, 0.15) is 62.3 Å². The van der Waals surface area contributed by atoms with Gasteiger partial charge in [0.05, 0.1) is 24.8 Å². The van der Waals surface area contributed by atoms with Gasteiger partial charge in [0, 0.05) is 11.3 Å². The van der Waals surface area contributed by atoms with Crippen LogP contribution in [0.3, 0.4) is 0 Å². The van der Waals surface area contributed by atoms with Gasteiger partial charge in [0.15, 0.2) is 4.34 Å². The van der Waals surface area contributed by atoms with Crippen molar-refractivity contribution in [3.63, 3.8) is 0 Å². The lowest BCUT2D eigenvalue weighted by atomic mass is 9.95. The number of carbonyl (C=O) groups excluding carboxylic acids is 2. The van der Waals surface area contributed by atoms with Crippen molar-refractivity contribution in [3.8, 4) is 11.5 Å². The molecule has 0 spiro atoms. The van der Waals surface area contributed by atoms with Gasteiger partial charge in [0.1, 0.15) is 23.1 Å². The predicted molar refractivity (Wildman–Crippen MR) is 174 cm³/mol. The number of halogens is 1. The molecule has 1 atom stereocenters. The number of aliphatic hydroxyl groups is 1. The zero-order valence-corrected chi connectivity index (χ0v) is 26.7. The average Bonchev–Trinajstić information content (AvgIpc) is 3.63.